The van der Waals surface area contributed by atoms with Crippen LogP contribution in [0.2, 0.25) is 0 Å². The molecule has 2 aromatic rings. The zero-order chi connectivity index (χ0) is 20.4. The second-order valence-electron chi connectivity index (χ2n) is 7.50. The van der Waals surface area contributed by atoms with E-state index < -0.39 is 0 Å². The number of ether oxygens (including phenoxy) is 1. The first-order valence-electron chi connectivity index (χ1n) is 9.74. The number of aliphatic imine (C=N–C) groups is 1. The number of hydrogen-bond acceptors (Lipinski definition) is 4. The van der Waals surface area contributed by atoms with Crippen LogP contribution in [0.4, 0.5) is 4.39 Å². The van der Waals surface area contributed by atoms with Crippen molar-refractivity contribution in [2.75, 3.05) is 19.7 Å². The summed E-state index contributed by atoms with van der Waals surface area (Å²) in [5.41, 5.74) is -0.0618. The lowest BCUT2D eigenvalue weighted by molar-refractivity contribution is 0.306. The van der Waals surface area contributed by atoms with Gasteiger partial charge in [0, 0.05) is 18.5 Å². The fourth-order valence-electron chi connectivity index (χ4n) is 2.37. The second-order valence-corrected chi connectivity index (χ2v) is 7.50. The fourth-order valence-corrected chi connectivity index (χ4v) is 2.37. The Morgan fingerprint density at radius 3 is 2.52 bits per heavy atom. The number of oxazole rings is 1. The van der Waals surface area contributed by atoms with Crippen molar-refractivity contribution in [3.05, 3.63) is 47.9 Å². The van der Waals surface area contributed by atoms with Gasteiger partial charge in [-0.1, -0.05) is 20.8 Å². The molecule has 0 radical (unpaired) electrons. The maximum atomic E-state index is 12.8. The average molecular weight is 518 g/mol. The third-order valence-corrected chi connectivity index (χ3v) is 3.96. The van der Waals surface area contributed by atoms with Crippen molar-refractivity contribution in [3.8, 4) is 5.75 Å². The van der Waals surface area contributed by atoms with Crippen molar-refractivity contribution in [1.29, 1.82) is 0 Å². The quantitative estimate of drug-likeness (QED) is 0.219. The van der Waals surface area contributed by atoms with Gasteiger partial charge in [0.2, 0.25) is 5.89 Å². The predicted octanol–water partition coefficient (Wildman–Crippen LogP) is 4.64. The molecule has 0 saturated heterocycles. The molecule has 29 heavy (non-hydrogen) atoms. The lowest BCUT2D eigenvalue weighted by atomic mass is 9.94. The number of aromatic nitrogens is 1. The van der Waals surface area contributed by atoms with E-state index in [0.29, 0.717) is 24.8 Å². The fraction of sp³-hybridized carbons (Fsp3) is 0.524. The molecular formula is C21H32FIN4O2. The zero-order valence-corrected chi connectivity index (χ0v) is 20.0. The standard InChI is InChI=1S/C21H31FN4O2.HI/c1-5-23-20(26-15-19-25-14-18(28-19)21(2,3)4)24-12-6-7-13-27-17-10-8-16(22)9-11-17;/h8-11,14H,5-7,12-13,15H2,1-4H3,(H2,23,24,26);1H. The Morgan fingerprint density at radius 1 is 1.17 bits per heavy atom. The van der Waals surface area contributed by atoms with Crippen LogP contribution in [-0.2, 0) is 12.0 Å². The first-order valence-corrected chi connectivity index (χ1v) is 9.74. The van der Waals surface area contributed by atoms with Gasteiger partial charge in [0.1, 0.15) is 23.9 Å². The van der Waals surface area contributed by atoms with Gasteiger partial charge in [0.25, 0.3) is 0 Å². The first kappa shape index (κ1) is 25.2. The van der Waals surface area contributed by atoms with Gasteiger partial charge in [-0.25, -0.2) is 14.4 Å². The van der Waals surface area contributed by atoms with E-state index in [1.165, 1.54) is 12.1 Å². The number of benzene rings is 1. The van der Waals surface area contributed by atoms with E-state index in [4.69, 9.17) is 9.15 Å². The molecule has 0 fully saturated rings. The van der Waals surface area contributed by atoms with Crippen LogP contribution in [0.5, 0.6) is 5.75 Å². The molecule has 2 N–H and O–H groups in total. The van der Waals surface area contributed by atoms with Gasteiger partial charge < -0.3 is 19.8 Å². The lowest BCUT2D eigenvalue weighted by Gasteiger charge is -2.13. The topological polar surface area (TPSA) is 71.7 Å². The average Bonchev–Trinajstić information content (AvgIpc) is 3.13. The van der Waals surface area contributed by atoms with Gasteiger partial charge in [-0.15, -0.1) is 24.0 Å². The van der Waals surface area contributed by atoms with Crippen molar-refractivity contribution >= 4 is 29.9 Å². The minimum absolute atomic E-state index is 0. The van der Waals surface area contributed by atoms with Gasteiger partial charge in [-0.3, -0.25) is 0 Å². The van der Waals surface area contributed by atoms with Crippen LogP contribution in [0, 0.1) is 5.82 Å². The van der Waals surface area contributed by atoms with Crippen molar-refractivity contribution in [2.24, 2.45) is 4.99 Å². The summed E-state index contributed by atoms with van der Waals surface area (Å²) >= 11 is 0. The summed E-state index contributed by atoms with van der Waals surface area (Å²) in [6.45, 7) is 10.8. The van der Waals surface area contributed by atoms with Crippen LogP contribution in [0.25, 0.3) is 0 Å². The molecule has 0 unspecified atom stereocenters. The van der Waals surface area contributed by atoms with Crippen molar-refractivity contribution < 1.29 is 13.5 Å². The molecule has 2 rings (SSSR count). The number of nitrogens with zero attached hydrogens (tertiary/aromatic N) is 2. The van der Waals surface area contributed by atoms with Crippen LogP contribution in [0.15, 0.2) is 39.9 Å². The molecule has 8 heteroatoms. The summed E-state index contributed by atoms with van der Waals surface area (Å²) in [6, 6.07) is 6.07. The molecule has 1 aromatic heterocycles. The largest absolute Gasteiger partial charge is 0.494 e. The molecule has 0 atom stereocenters. The molecule has 0 aliphatic rings. The number of guanidine groups is 1. The molecule has 0 amide bonds. The van der Waals surface area contributed by atoms with Crippen molar-refractivity contribution in [2.45, 2.75) is 52.5 Å². The molecular weight excluding hydrogens is 486 g/mol. The van der Waals surface area contributed by atoms with E-state index in [9.17, 15) is 4.39 Å². The Balaban J connectivity index is 0.00000420. The van der Waals surface area contributed by atoms with Crippen LogP contribution >= 0.6 is 24.0 Å². The van der Waals surface area contributed by atoms with Gasteiger partial charge in [0.05, 0.1) is 12.8 Å². The van der Waals surface area contributed by atoms with E-state index in [1.54, 1.807) is 18.3 Å². The predicted molar refractivity (Wildman–Crippen MR) is 125 cm³/mol. The highest BCUT2D eigenvalue weighted by Crippen LogP contribution is 2.22. The zero-order valence-electron chi connectivity index (χ0n) is 17.6. The van der Waals surface area contributed by atoms with E-state index in [-0.39, 0.29) is 35.2 Å². The number of rotatable bonds is 9. The molecule has 0 aliphatic heterocycles. The van der Waals surface area contributed by atoms with Gasteiger partial charge in [-0.05, 0) is 44.0 Å². The van der Waals surface area contributed by atoms with Gasteiger partial charge >= 0.3 is 0 Å². The van der Waals surface area contributed by atoms with E-state index >= 15 is 0 Å². The summed E-state index contributed by atoms with van der Waals surface area (Å²) in [6.07, 6.45) is 3.59. The summed E-state index contributed by atoms with van der Waals surface area (Å²) in [5.74, 6) is 2.63. The Morgan fingerprint density at radius 2 is 1.90 bits per heavy atom. The molecule has 0 spiro atoms. The second kappa shape index (κ2) is 12.7. The normalized spacial score (nSPS) is 11.7. The number of nitrogens with one attached hydrogen (secondary N) is 2. The number of unbranched alkanes of at least 4 members (excludes halogenated alkanes) is 1. The minimum Gasteiger partial charge on any atom is -0.494 e. The summed E-state index contributed by atoms with van der Waals surface area (Å²) < 4.78 is 24.2. The third kappa shape index (κ3) is 9.47. The maximum absolute atomic E-state index is 12.8. The highest BCUT2D eigenvalue weighted by molar-refractivity contribution is 14.0. The first-order chi connectivity index (χ1) is 13.4. The lowest BCUT2D eigenvalue weighted by Crippen LogP contribution is -2.37. The van der Waals surface area contributed by atoms with E-state index in [1.807, 2.05) is 6.92 Å². The van der Waals surface area contributed by atoms with Crippen molar-refractivity contribution in [3.63, 3.8) is 0 Å². The smallest absolute Gasteiger partial charge is 0.216 e. The van der Waals surface area contributed by atoms with Crippen molar-refractivity contribution in [1.82, 2.24) is 15.6 Å². The van der Waals surface area contributed by atoms with Crippen LogP contribution in [0.1, 0.15) is 52.2 Å². The monoisotopic (exact) mass is 518 g/mol. The van der Waals surface area contributed by atoms with Crippen LogP contribution < -0.4 is 15.4 Å². The Hall–Kier alpha value is -1.84. The Bertz CT molecular complexity index is 742. The number of halogens is 2. The number of hydrogen-bond donors (Lipinski definition) is 2. The summed E-state index contributed by atoms with van der Waals surface area (Å²) in [7, 11) is 0. The third-order valence-electron chi connectivity index (χ3n) is 3.96. The molecule has 1 aromatic carbocycles. The molecule has 1 heterocycles. The molecule has 6 nitrogen and oxygen atoms in total. The molecule has 0 saturated carbocycles. The van der Waals surface area contributed by atoms with Crippen LogP contribution in [0.3, 0.4) is 0 Å². The van der Waals surface area contributed by atoms with Gasteiger partial charge in [-0.2, -0.15) is 0 Å². The highest BCUT2D eigenvalue weighted by atomic mass is 127. The summed E-state index contributed by atoms with van der Waals surface area (Å²) in [4.78, 5) is 8.82. The van der Waals surface area contributed by atoms with Crippen LogP contribution in [-0.4, -0.2) is 30.6 Å². The summed E-state index contributed by atoms with van der Waals surface area (Å²) in [5, 5.41) is 6.51. The Kier molecular flexibility index (Phi) is 11.0. The molecule has 0 aliphatic carbocycles. The maximum Gasteiger partial charge on any atom is 0.216 e. The molecule has 0 bridgehead atoms. The molecule has 162 valence electrons. The highest BCUT2D eigenvalue weighted by Gasteiger charge is 2.18. The SMILES string of the molecule is CCNC(=NCc1ncc(C(C)(C)C)o1)NCCCCOc1ccc(F)cc1.I. The van der Waals surface area contributed by atoms with Gasteiger partial charge in [0.15, 0.2) is 5.96 Å². The minimum atomic E-state index is -0.258. The van der Waals surface area contributed by atoms with E-state index in [2.05, 4.69) is 41.4 Å². The Labute approximate surface area is 189 Å². The van der Waals surface area contributed by atoms with E-state index in [0.717, 1.165) is 37.7 Å².